The van der Waals surface area contributed by atoms with E-state index in [0.29, 0.717) is 22.7 Å². The number of rotatable bonds is 4. The summed E-state index contributed by atoms with van der Waals surface area (Å²) in [5, 5.41) is 5.44. The second-order valence-corrected chi connectivity index (χ2v) is 8.49. The molecule has 132 valence electrons. The summed E-state index contributed by atoms with van der Waals surface area (Å²) in [7, 11) is 0. The van der Waals surface area contributed by atoms with Gasteiger partial charge in [-0.2, -0.15) is 0 Å². The Morgan fingerprint density at radius 1 is 0.840 bits per heavy atom. The lowest BCUT2D eigenvalue weighted by atomic mass is 9.90. The van der Waals surface area contributed by atoms with Crippen LogP contribution in [0.4, 0.5) is 22.7 Å². The maximum atomic E-state index is 12.6. The van der Waals surface area contributed by atoms with E-state index in [2.05, 4.69) is 55.8 Å². The van der Waals surface area contributed by atoms with E-state index in [1.165, 1.54) is 0 Å². The molecule has 6 nitrogen and oxygen atoms in total. The Morgan fingerprint density at radius 2 is 1.20 bits per heavy atom. The molecule has 0 unspecified atom stereocenters. The second-order valence-electron chi connectivity index (χ2n) is 6.00. The zero-order chi connectivity index (χ0) is 18.8. The van der Waals surface area contributed by atoms with E-state index in [4.69, 9.17) is 11.5 Å². The Kier molecular flexibility index (Phi) is 6.14. The molecule has 6 N–H and O–H groups in total. The number of carbonyl (C=O) groups is 2. The van der Waals surface area contributed by atoms with Gasteiger partial charge >= 0.3 is 0 Å². The highest BCUT2D eigenvalue weighted by molar-refractivity contribution is 14.1. The molecule has 0 aliphatic rings. The molecule has 2 aromatic rings. The van der Waals surface area contributed by atoms with Gasteiger partial charge in [0.05, 0.1) is 22.7 Å². The van der Waals surface area contributed by atoms with E-state index in [1.54, 1.807) is 38.1 Å². The summed E-state index contributed by atoms with van der Waals surface area (Å²) in [6.07, 6.45) is 0. The van der Waals surface area contributed by atoms with Gasteiger partial charge in [-0.25, -0.2) is 0 Å². The lowest BCUT2D eigenvalue weighted by Gasteiger charge is -2.23. The van der Waals surface area contributed by atoms with Crippen molar-refractivity contribution >= 4 is 79.7 Å². The van der Waals surface area contributed by atoms with Crippen LogP contribution in [0.3, 0.4) is 0 Å². The van der Waals surface area contributed by atoms with Crippen molar-refractivity contribution in [3.8, 4) is 0 Å². The number of benzene rings is 2. The van der Waals surface area contributed by atoms with Crippen LogP contribution in [0.25, 0.3) is 0 Å². The predicted octanol–water partition coefficient (Wildman–Crippen LogP) is 3.66. The molecular weight excluding hydrogens is 546 g/mol. The zero-order valence-electron chi connectivity index (χ0n) is 13.7. The molecule has 2 aromatic carbocycles. The van der Waals surface area contributed by atoms with Crippen LogP contribution in [-0.2, 0) is 9.59 Å². The van der Waals surface area contributed by atoms with E-state index in [9.17, 15) is 9.59 Å². The molecule has 0 saturated heterocycles. The van der Waals surface area contributed by atoms with Crippen LogP contribution in [0.1, 0.15) is 13.8 Å². The van der Waals surface area contributed by atoms with Crippen molar-refractivity contribution in [3.63, 3.8) is 0 Å². The summed E-state index contributed by atoms with van der Waals surface area (Å²) in [6.45, 7) is 3.09. The maximum absolute atomic E-state index is 12.6. The van der Waals surface area contributed by atoms with E-state index in [-0.39, 0.29) is 0 Å². The summed E-state index contributed by atoms with van der Waals surface area (Å²) in [4.78, 5) is 25.2. The molecule has 0 aliphatic carbocycles. The van der Waals surface area contributed by atoms with Crippen molar-refractivity contribution in [2.45, 2.75) is 13.8 Å². The largest absolute Gasteiger partial charge is 0.397 e. The fourth-order valence-corrected chi connectivity index (χ4v) is 2.92. The topological polar surface area (TPSA) is 110 Å². The van der Waals surface area contributed by atoms with Crippen molar-refractivity contribution in [2.24, 2.45) is 5.41 Å². The van der Waals surface area contributed by atoms with Crippen LogP contribution in [0.2, 0.25) is 0 Å². The van der Waals surface area contributed by atoms with E-state index in [0.717, 1.165) is 7.14 Å². The van der Waals surface area contributed by atoms with Gasteiger partial charge in [-0.3, -0.25) is 9.59 Å². The summed E-state index contributed by atoms with van der Waals surface area (Å²) in [6, 6.07) is 10.6. The van der Waals surface area contributed by atoms with Crippen LogP contribution in [0.5, 0.6) is 0 Å². The summed E-state index contributed by atoms with van der Waals surface area (Å²) >= 11 is 4.25. The highest BCUT2D eigenvalue weighted by Gasteiger charge is 2.36. The van der Waals surface area contributed by atoms with E-state index < -0.39 is 17.2 Å². The Bertz CT molecular complexity index is 770. The van der Waals surface area contributed by atoms with Crippen molar-refractivity contribution in [1.29, 1.82) is 0 Å². The first-order valence-electron chi connectivity index (χ1n) is 7.34. The molecule has 0 aliphatic heterocycles. The first kappa shape index (κ1) is 19.8. The molecule has 0 atom stereocenters. The van der Waals surface area contributed by atoms with Crippen molar-refractivity contribution in [2.75, 3.05) is 22.1 Å². The first-order valence-corrected chi connectivity index (χ1v) is 9.50. The Hall–Kier alpha value is -1.56. The fraction of sp³-hybridized carbons (Fsp3) is 0.176. The van der Waals surface area contributed by atoms with Gasteiger partial charge in [-0.1, -0.05) is 0 Å². The molecule has 2 amide bonds. The Labute approximate surface area is 173 Å². The molecule has 2 rings (SSSR count). The number of halogens is 2. The fourth-order valence-electron chi connectivity index (χ4n) is 1.93. The van der Waals surface area contributed by atoms with E-state index >= 15 is 0 Å². The third kappa shape index (κ3) is 4.75. The van der Waals surface area contributed by atoms with Crippen molar-refractivity contribution in [1.82, 2.24) is 0 Å². The molecule has 0 bridgehead atoms. The van der Waals surface area contributed by atoms with Gasteiger partial charge < -0.3 is 22.1 Å². The monoisotopic (exact) mass is 564 g/mol. The van der Waals surface area contributed by atoms with Gasteiger partial charge in [0.15, 0.2) is 0 Å². The SMILES string of the molecule is CC(C)(C(=O)Nc1cc(I)ccc1N)C(=O)Nc1cc(I)ccc1N. The van der Waals surface area contributed by atoms with Gasteiger partial charge in [0.25, 0.3) is 0 Å². The van der Waals surface area contributed by atoms with Crippen molar-refractivity contribution in [3.05, 3.63) is 43.5 Å². The lowest BCUT2D eigenvalue weighted by Crippen LogP contribution is -2.41. The summed E-state index contributed by atoms with van der Waals surface area (Å²) < 4.78 is 1.85. The minimum Gasteiger partial charge on any atom is -0.397 e. The molecule has 0 fully saturated rings. The maximum Gasteiger partial charge on any atom is 0.239 e. The van der Waals surface area contributed by atoms with E-state index in [1.807, 2.05) is 12.1 Å². The lowest BCUT2D eigenvalue weighted by molar-refractivity contribution is -0.135. The van der Waals surface area contributed by atoms with Gasteiger partial charge in [0, 0.05) is 7.14 Å². The van der Waals surface area contributed by atoms with Crippen molar-refractivity contribution < 1.29 is 9.59 Å². The number of hydrogen-bond acceptors (Lipinski definition) is 4. The van der Waals surface area contributed by atoms with Gasteiger partial charge in [0.2, 0.25) is 11.8 Å². The number of nitrogen functional groups attached to an aromatic ring is 2. The molecule has 0 radical (unpaired) electrons. The van der Waals surface area contributed by atoms with Crippen LogP contribution >= 0.6 is 45.2 Å². The van der Waals surface area contributed by atoms with Gasteiger partial charge in [-0.05, 0) is 95.4 Å². The zero-order valence-corrected chi connectivity index (χ0v) is 18.0. The van der Waals surface area contributed by atoms with Crippen LogP contribution in [0, 0.1) is 12.6 Å². The number of nitrogens with one attached hydrogen (secondary N) is 2. The van der Waals surface area contributed by atoms with Crippen LogP contribution < -0.4 is 22.1 Å². The van der Waals surface area contributed by atoms with Gasteiger partial charge in [0.1, 0.15) is 5.41 Å². The Balaban J connectivity index is 2.18. The number of amides is 2. The summed E-state index contributed by atoms with van der Waals surface area (Å²) in [5.41, 5.74) is 12.3. The van der Waals surface area contributed by atoms with Gasteiger partial charge in [-0.15, -0.1) is 0 Å². The third-order valence-corrected chi connectivity index (χ3v) is 5.00. The molecule has 25 heavy (non-hydrogen) atoms. The minimum atomic E-state index is -1.32. The number of hydrogen-bond donors (Lipinski definition) is 4. The highest BCUT2D eigenvalue weighted by atomic mass is 127. The normalized spacial score (nSPS) is 11.0. The molecule has 8 heteroatoms. The second kappa shape index (κ2) is 7.77. The smallest absolute Gasteiger partial charge is 0.239 e. The standard InChI is InChI=1S/C17H18I2N4O2/c1-17(2,15(24)22-13-7-9(18)3-5-11(13)20)16(25)23-14-8-10(19)4-6-12(14)21/h3-8H,20-21H2,1-2H3,(H,22,24)(H,23,25). The quantitative estimate of drug-likeness (QED) is 0.258. The Morgan fingerprint density at radius 3 is 1.56 bits per heavy atom. The number of carbonyl (C=O) groups excluding carboxylic acids is 2. The molecule has 0 saturated carbocycles. The average molecular weight is 564 g/mol. The van der Waals surface area contributed by atoms with Crippen LogP contribution in [0.15, 0.2) is 36.4 Å². The molecule has 0 heterocycles. The third-order valence-electron chi connectivity index (χ3n) is 3.66. The number of nitrogens with two attached hydrogens (primary N) is 2. The molecule has 0 aromatic heterocycles. The van der Waals surface area contributed by atoms with Crippen LogP contribution in [-0.4, -0.2) is 11.8 Å². The summed E-state index contributed by atoms with van der Waals surface area (Å²) in [5.74, 6) is -0.911. The first-order chi connectivity index (χ1) is 11.6. The average Bonchev–Trinajstić information content (AvgIpc) is 2.54. The minimum absolute atomic E-state index is 0.437. The number of anilines is 4. The molecular formula is C17H18I2N4O2. The highest BCUT2D eigenvalue weighted by Crippen LogP contribution is 2.27. The molecule has 0 spiro atoms. The predicted molar refractivity (Wildman–Crippen MR) is 118 cm³/mol.